The van der Waals surface area contributed by atoms with Crippen molar-refractivity contribution in [1.82, 2.24) is 30.9 Å². The second-order valence-corrected chi connectivity index (χ2v) is 9.69. The minimum atomic E-state index is -1.22. The maximum atomic E-state index is 14.9. The number of aromatic nitrogens is 5. The Balaban J connectivity index is 1.32. The number of aromatic hydroxyl groups is 1. The maximum Gasteiger partial charge on any atom is 0.172 e. The molecule has 5 rings (SSSR count). The molecule has 2 unspecified atom stereocenters. The number of nitrogens with zero attached hydrogens (tertiary/aromatic N) is 5. The average molecular weight is 453 g/mol. The van der Waals surface area contributed by atoms with E-state index in [1.54, 1.807) is 6.07 Å². The average Bonchev–Trinajstić information content (AvgIpc) is 3.03. The molecule has 2 atom stereocenters. The van der Waals surface area contributed by atoms with E-state index in [4.69, 9.17) is 0 Å². The molecule has 0 radical (unpaired) electrons. The van der Waals surface area contributed by atoms with Crippen molar-refractivity contribution in [3.05, 3.63) is 42.2 Å². The number of hydrogen-bond acceptors (Lipinski definition) is 8. The van der Waals surface area contributed by atoms with Gasteiger partial charge in [-0.05, 0) is 68.9 Å². The van der Waals surface area contributed by atoms with Gasteiger partial charge in [0.25, 0.3) is 0 Å². The zero-order valence-corrected chi connectivity index (χ0v) is 18.4. The zero-order chi connectivity index (χ0) is 23.2. The van der Waals surface area contributed by atoms with E-state index in [9.17, 15) is 13.9 Å². The molecular weight excluding hydrogens is 428 g/mol. The Hall–Kier alpha value is -3.27. The maximum absolute atomic E-state index is 14.9. The summed E-state index contributed by atoms with van der Waals surface area (Å²) in [6.45, 7) is 5.33. The number of hydrogen-bond donors (Lipinski definition) is 3. The molecule has 172 valence electrons. The van der Waals surface area contributed by atoms with Crippen molar-refractivity contribution in [2.45, 2.75) is 50.6 Å². The van der Waals surface area contributed by atoms with Gasteiger partial charge in [0.1, 0.15) is 11.6 Å². The summed E-state index contributed by atoms with van der Waals surface area (Å²) in [5.41, 5.74) is 0.0853. The third-order valence-corrected chi connectivity index (χ3v) is 6.80. The first-order chi connectivity index (χ1) is 15.8. The smallest absolute Gasteiger partial charge is 0.172 e. The molecule has 0 saturated carbocycles. The molecule has 2 aliphatic heterocycles. The highest BCUT2D eigenvalue weighted by Gasteiger charge is 2.48. The van der Waals surface area contributed by atoms with Crippen LogP contribution in [0.4, 0.5) is 14.6 Å². The number of benzene rings is 1. The molecule has 2 bridgehead atoms. The lowest BCUT2D eigenvalue weighted by Gasteiger charge is -2.42. The first kappa shape index (κ1) is 21.6. The molecule has 3 aromatic rings. The van der Waals surface area contributed by atoms with E-state index in [-0.39, 0.29) is 33.5 Å². The summed E-state index contributed by atoms with van der Waals surface area (Å²) in [4.78, 5) is 0. The summed E-state index contributed by atoms with van der Waals surface area (Å²) < 4.78 is 29.6. The standard InChI is InChI=1S/C23H25F2N7O/c1-22-5-6-23(2,31-22)9-13(8-22)10-26-18-4-3-16(29-30-18)19-17(33)7-15(20(24)21(19)25)14-11-27-32-28-12-14/h3-4,7,11-13,31,33H,5-6,8-10H2,1-2H3,(H,26,30). The van der Waals surface area contributed by atoms with E-state index < -0.39 is 17.4 Å². The van der Waals surface area contributed by atoms with Crippen molar-refractivity contribution in [3.63, 3.8) is 0 Å². The van der Waals surface area contributed by atoms with Gasteiger partial charge >= 0.3 is 0 Å². The van der Waals surface area contributed by atoms with E-state index >= 15 is 0 Å². The summed E-state index contributed by atoms with van der Waals surface area (Å²) >= 11 is 0. The van der Waals surface area contributed by atoms with Gasteiger partial charge in [-0.25, -0.2) is 8.78 Å². The predicted octanol–water partition coefficient (Wildman–Crippen LogP) is 3.70. The van der Waals surface area contributed by atoms with Gasteiger partial charge in [0, 0.05) is 28.7 Å². The van der Waals surface area contributed by atoms with Crippen LogP contribution in [-0.2, 0) is 0 Å². The van der Waals surface area contributed by atoms with Gasteiger partial charge in [-0.3, -0.25) is 0 Å². The fraction of sp³-hybridized carbons (Fsp3) is 0.435. The number of nitrogens with one attached hydrogen (secondary N) is 2. The molecule has 0 spiro atoms. The lowest BCUT2D eigenvalue weighted by Crippen LogP contribution is -2.54. The molecule has 0 amide bonds. The summed E-state index contributed by atoms with van der Waals surface area (Å²) in [6, 6.07) is 4.28. The number of phenolic OH excluding ortho intramolecular Hbond substituents is 1. The van der Waals surface area contributed by atoms with Crippen LogP contribution in [0.5, 0.6) is 5.75 Å². The summed E-state index contributed by atoms with van der Waals surface area (Å²) in [7, 11) is 0. The van der Waals surface area contributed by atoms with Crippen LogP contribution in [0.1, 0.15) is 39.5 Å². The van der Waals surface area contributed by atoms with Gasteiger partial charge in [-0.2, -0.15) is 0 Å². The van der Waals surface area contributed by atoms with Crippen molar-refractivity contribution in [2.75, 3.05) is 11.9 Å². The molecule has 4 heterocycles. The highest BCUT2D eigenvalue weighted by molar-refractivity contribution is 5.75. The van der Waals surface area contributed by atoms with Gasteiger partial charge in [-0.15, -0.1) is 20.4 Å². The molecule has 2 fully saturated rings. The largest absolute Gasteiger partial charge is 0.507 e. The molecule has 1 aromatic carbocycles. The number of anilines is 1. The number of fused-ring (bicyclic) bond motifs is 2. The van der Waals surface area contributed by atoms with E-state index in [2.05, 4.69) is 50.1 Å². The Labute approximate surface area is 189 Å². The van der Waals surface area contributed by atoms with Gasteiger partial charge in [0.15, 0.2) is 11.6 Å². The van der Waals surface area contributed by atoms with E-state index in [0.29, 0.717) is 11.7 Å². The van der Waals surface area contributed by atoms with E-state index in [1.807, 2.05) is 0 Å². The zero-order valence-electron chi connectivity index (χ0n) is 18.4. The Morgan fingerprint density at radius 3 is 2.39 bits per heavy atom. The molecule has 8 nitrogen and oxygen atoms in total. The summed E-state index contributed by atoms with van der Waals surface area (Å²) in [5, 5.41) is 36.1. The number of phenols is 1. The predicted molar refractivity (Wildman–Crippen MR) is 118 cm³/mol. The minimum Gasteiger partial charge on any atom is -0.507 e. The number of halogens is 2. The van der Waals surface area contributed by atoms with E-state index in [0.717, 1.165) is 25.5 Å². The monoisotopic (exact) mass is 453 g/mol. The van der Waals surface area contributed by atoms with Crippen LogP contribution in [0.15, 0.2) is 30.6 Å². The molecule has 2 aliphatic rings. The third kappa shape index (κ3) is 4.10. The van der Waals surface area contributed by atoms with Crippen LogP contribution in [0, 0.1) is 17.6 Å². The lowest BCUT2D eigenvalue weighted by molar-refractivity contribution is 0.178. The van der Waals surface area contributed by atoms with Crippen LogP contribution < -0.4 is 10.6 Å². The van der Waals surface area contributed by atoms with Crippen molar-refractivity contribution < 1.29 is 13.9 Å². The molecule has 2 saturated heterocycles. The first-order valence-electron chi connectivity index (χ1n) is 11.0. The van der Waals surface area contributed by atoms with Crippen LogP contribution in [-0.4, -0.2) is 48.3 Å². The first-order valence-corrected chi connectivity index (χ1v) is 11.0. The minimum absolute atomic E-state index is 0.0342. The van der Waals surface area contributed by atoms with Crippen LogP contribution in [0.25, 0.3) is 22.4 Å². The van der Waals surface area contributed by atoms with Crippen LogP contribution in [0.2, 0.25) is 0 Å². The topological polar surface area (TPSA) is 109 Å². The fourth-order valence-electron chi connectivity index (χ4n) is 5.46. The van der Waals surface area contributed by atoms with Gasteiger partial charge < -0.3 is 15.7 Å². The summed E-state index contributed by atoms with van der Waals surface area (Å²) in [5.74, 6) is -1.76. The Bertz CT molecular complexity index is 1160. The quantitative estimate of drug-likeness (QED) is 0.537. The van der Waals surface area contributed by atoms with Crippen LogP contribution >= 0.6 is 0 Å². The van der Waals surface area contributed by atoms with Crippen molar-refractivity contribution >= 4 is 5.82 Å². The molecule has 10 heteroatoms. The SMILES string of the molecule is CC12CCC(C)(CC(CNc3ccc(-c4c(O)cc(-c5cnnnc5)c(F)c4F)nn3)C1)N2. The van der Waals surface area contributed by atoms with Crippen molar-refractivity contribution in [3.8, 4) is 28.1 Å². The molecule has 2 aromatic heterocycles. The van der Waals surface area contributed by atoms with Gasteiger partial charge in [0.05, 0.1) is 23.7 Å². The molecular formula is C23H25F2N7O. The normalized spacial score (nSPS) is 26.4. The molecule has 3 N–H and O–H groups in total. The number of rotatable bonds is 5. The molecule has 33 heavy (non-hydrogen) atoms. The van der Waals surface area contributed by atoms with Crippen molar-refractivity contribution in [2.24, 2.45) is 5.92 Å². The van der Waals surface area contributed by atoms with E-state index in [1.165, 1.54) is 31.3 Å². The van der Waals surface area contributed by atoms with Gasteiger partial charge in [0.2, 0.25) is 0 Å². The summed E-state index contributed by atoms with van der Waals surface area (Å²) in [6.07, 6.45) is 7.03. The van der Waals surface area contributed by atoms with Crippen LogP contribution in [0.3, 0.4) is 0 Å². The number of piperidine rings is 1. The fourth-order valence-corrected chi connectivity index (χ4v) is 5.46. The van der Waals surface area contributed by atoms with Crippen molar-refractivity contribution in [1.29, 1.82) is 0 Å². The highest BCUT2D eigenvalue weighted by Crippen LogP contribution is 2.44. The van der Waals surface area contributed by atoms with Gasteiger partial charge in [-0.1, -0.05) is 0 Å². The Morgan fingerprint density at radius 2 is 1.76 bits per heavy atom. The second-order valence-electron chi connectivity index (χ2n) is 9.69. The Kier molecular flexibility index (Phi) is 5.19. The highest BCUT2D eigenvalue weighted by atomic mass is 19.2. The molecule has 0 aliphatic carbocycles. The third-order valence-electron chi connectivity index (χ3n) is 6.80. The Morgan fingerprint density at radius 1 is 1.06 bits per heavy atom. The second kappa shape index (κ2) is 7.95. The lowest BCUT2D eigenvalue weighted by atomic mass is 9.80.